The third kappa shape index (κ3) is 2.18. The molecule has 3 fully saturated rings. The fourth-order valence-corrected chi connectivity index (χ4v) is 5.97. The molecule has 0 saturated heterocycles. The fourth-order valence-electron chi connectivity index (χ4n) is 5.97. The van der Waals surface area contributed by atoms with Crippen LogP contribution in [0.25, 0.3) is 11.1 Å². The van der Waals surface area contributed by atoms with Crippen LogP contribution in [0.2, 0.25) is 0 Å². The van der Waals surface area contributed by atoms with Gasteiger partial charge in [0.15, 0.2) is 18.8 Å². The largest absolute Gasteiger partial charge is 0.228 e. The van der Waals surface area contributed by atoms with Gasteiger partial charge in [0.1, 0.15) is 0 Å². The lowest BCUT2D eigenvalue weighted by molar-refractivity contribution is -0.597. The smallest absolute Gasteiger partial charge is 0.171 e. The molecule has 0 aromatic heterocycles. The van der Waals surface area contributed by atoms with Crippen LogP contribution in [0, 0.1) is 23.2 Å². The minimum atomic E-state index is 0.553. The van der Waals surface area contributed by atoms with Crippen LogP contribution < -0.4 is 0 Å². The Kier molecular flexibility index (Phi) is 3.26. The lowest BCUT2D eigenvalue weighted by Gasteiger charge is -2.60. The SMILES string of the molecule is CC1C([N+]2=Cc3ccccc3-c3ccccc3C2)CC2CC1C2(C)C. The van der Waals surface area contributed by atoms with Crippen LogP contribution >= 0.6 is 0 Å². The minimum Gasteiger partial charge on any atom is -0.228 e. The topological polar surface area (TPSA) is 3.01 Å². The van der Waals surface area contributed by atoms with E-state index >= 15 is 0 Å². The zero-order chi connectivity index (χ0) is 17.2. The van der Waals surface area contributed by atoms with Gasteiger partial charge in [-0.15, -0.1) is 0 Å². The molecule has 4 atom stereocenters. The van der Waals surface area contributed by atoms with Gasteiger partial charge in [0, 0.05) is 23.5 Å². The van der Waals surface area contributed by atoms with Crippen molar-refractivity contribution in [3.8, 4) is 11.1 Å². The van der Waals surface area contributed by atoms with E-state index in [1.165, 1.54) is 35.1 Å². The molecule has 2 bridgehead atoms. The molecule has 6 rings (SSSR count). The third-order valence-corrected chi connectivity index (χ3v) is 7.67. The van der Waals surface area contributed by atoms with Crippen molar-refractivity contribution in [3.05, 3.63) is 59.7 Å². The van der Waals surface area contributed by atoms with E-state index in [-0.39, 0.29) is 0 Å². The van der Waals surface area contributed by atoms with Crippen LogP contribution in [0.3, 0.4) is 0 Å². The fraction of sp³-hybridized carbons (Fsp3) is 0.458. The molecule has 1 heteroatoms. The minimum absolute atomic E-state index is 0.553. The second kappa shape index (κ2) is 5.30. The van der Waals surface area contributed by atoms with E-state index in [4.69, 9.17) is 0 Å². The summed E-state index contributed by atoms with van der Waals surface area (Å²) >= 11 is 0. The van der Waals surface area contributed by atoms with E-state index in [0.29, 0.717) is 11.5 Å². The maximum atomic E-state index is 2.67. The predicted molar refractivity (Wildman–Crippen MR) is 104 cm³/mol. The Balaban J connectivity index is 1.59. The quantitative estimate of drug-likeness (QED) is 0.618. The van der Waals surface area contributed by atoms with Gasteiger partial charge in [-0.25, -0.2) is 4.58 Å². The molecule has 4 aliphatic rings. The van der Waals surface area contributed by atoms with Crippen molar-refractivity contribution in [2.24, 2.45) is 23.2 Å². The van der Waals surface area contributed by atoms with Gasteiger partial charge in [-0.3, -0.25) is 0 Å². The normalized spacial score (nSPS) is 31.9. The molecule has 128 valence electrons. The van der Waals surface area contributed by atoms with E-state index in [1.54, 1.807) is 0 Å². The molecule has 0 radical (unpaired) electrons. The molecule has 3 aliphatic carbocycles. The van der Waals surface area contributed by atoms with Gasteiger partial charge in [-0.1, -0.05) is 63.2 Å². The lowest BCUT2D eigenvalue weighted by Crippen LogP contribution is -2.59. The second-order valence-corrected chi connectivity index (χ2v) is 9.07. The standard InChI is InChI=1S/C24H28N/c1-16-22-12-19(24(22,2)3)13-23(16)25-14-17-8-4-6-10-20(17)21-11-7-5-9-18(21)15-25/h4-11,14,16,19,22-23H,12-13,15H2,1-3H3/q+1. The van der Waals surface area contributed by atoms with Gasteiger partial charge >= 0.3 is 0 Å². The van der Waals surface area contributed by atoms with E-state index in [1.807, 2.05) is 0 Å². The molecule has 4 unspecified atom stereocenters. The Morgan fingerprint density at radius 1 is 0.920 bits per heavy atom. The summed E-state index contributed by atoms with van der Waals surface area (Å²) in [5.74, 6) is 2.56. The summed E-state index contributed by atoms with van der Waals surface area (Å²) in [6.07, 6.45) is 5.26. The van der Waals surface area contributed by atoms with Crippen LogP contribution in [0.15, 0.2) is 48.5 Å². The lowest BCUT2D eigenvalue weighted by atomic mass is 9.44. The van der Waals surface area contributed by atoms with Crippen LogP contribution in [-0.4, -0.2) is 16.8 Å². The Morgan fingerprint density at radius 2 is 1.64 bits per heavy atom. The van der Waals surface area contributed by atoms with Crippen molar-refractivity contribution in [2.75, 3.05) is 0 Å². The second-order valence-electron chi connectivity index (χ2n) is 9.07. The number of rotatable bonds is 1. The highest BCUT2D eigenvalue weighted by Crippen LogP contribution is 2.61. The van der Waals surface area contributed by atoms with Crippen molar-refractivity contribution < 1.29 is 4.58 Å². The summed E-state index contributed by atoms with van der Waals surface area (Å²) in [4.78, 5) is 0. The first kappa shape index (κ1) is 15.4. The van der Waals surface area contributed by atoms with Gasteiger partial charge in [0.25, 0.3) is 0 Å². The van der Waals surface area contributed by atoms with Gasteiger partial charge in [-0.05, 0) is 40.9 Å². The van der Waals surface area contributed by atoms with Crippen molar-refractivity contribution in [2.45, 2.75) is 46.2 Å². The maximum Gasteiger partial charge on any atom is 0.171 e. The average molecular weight is 330 g/mol. The van der Waals surface area contributed by atoms with E-state index in [2.05, 4.69) is 80.1 Å². The van der Waals surface area contributed by atoms with Crippen molar-refractivity contribution in [3.63, 3.8) is 0 Å². The van der Waals surface area contributed by atoms with Gasteiger partial charge in [0.05, 0.1) is 0 Å². The number of hydrogen-bond acceptors (Lipinski definition) is 0. The molecule has 2 aromatic carbocycles. The highest BCUT2D eigenvalue weighted by molar-refractivity contribution is 5.89. The van der Waals surface area contributed by atoms with Crippen LogP contribution in [-0.2, 0) is 6.54 Å². The van der Waals surface area contributed by atoms with Crippen molar-refractivity contribution in [1.82, 2.24) is 0 Å². The summed E-state index contributed by atoms with van der Waals surface area (Å²) < 4.78 is 2.67. The molecule has 0 N–H and O–H groups in total. The molecule has 25 heavy (non-hydrogen) atoms. The summed E-state index contributed by atoms with van der Waals surface area (Å²) in [6.45, 7) is 8.54. The summed E-state index contributed by atoms with van der Waals surface area (Å²) in [5.41, 5.74) is 6.19. The first-order valence-electron chi connectivity index (χ1n) is 9.83. The number of hydrogen-bond donors (Lipinski definition) is 0. The maximum absolute atomic E-state index is 2.67. The first-order chi connectivity index (χ1) is 12.1. The van der Waals surface area contributed by atoms with Gasteiger partial charge in [0.2, 0.25) is 0 Å². The van der Waals surface area contributed by atoms with Crippen LogP contribution in [0.5, 0.6) is 0 Å². The van der Waals surface area contributed by atoms with Gasteiger partial charge in [-0.2, -0.15) is 0 Å². The summed E-state index contributed by atoms with van der Waals surface area (Å²) in [6, 6.07) is 18.5. The average Bonchev–Trinajstić information content (AvgIpc) is 2.78. The van der Waals surface area contributed by atoms with Crippen LogP contribution in [0.1, 0.15) is 44.7 Å². The van der Waals surface area contributed by atoms with E-state index in [9.17, 15) is 0 Å². The Bertz CT molecular complexity index is 860. The number of benzene rings is 2. The molecular weight excluding hydrogens is 302 g/mol. The molecule has 1 aliphatic heterocycles. The molecule has 0 amide bonds. The Morgan fingerprint density at radius 3 is 2.40 bits per heavy atom. The van der Waals surface area contributed by atoms with Crippen LogP contribution in [0.4, 0.5) is 0 Å². The predicted octanol–water partition coefficient (Wildman–Crippen LogP) is 5.37. The molecule has 1 nitrogen and oxygen atoms in total. The zero-order valence-corrected chi connectivity index (χ0v) is 15.6. The monoisotopic (exact) mass is 330 g/mol. The van der Waals surface area contributed by atoms with E-state index in [0.717, 1.165) is 24.3 Å². The zero-order valence-electron chi connectivity index (χ0n) is 15.6. The summed E-state index contributed by atoms with van der Waals surface area (Å²) in [7, 11) is 0. The first-order valence-corrected chi connectivity index (χ1v) is 9.83. The molecule has 2 aromatic rings. The van der Waals surface area contributed by atoms with Gasteiger partial charge < -0.3 is 0 Å². The molecular formula is C24H28N+. The highest BCUT2D eigenvalue weighted by atomic mass is 15.1. The molecule has 0 spiro atoms. The van der Waals surface area contributed by atoms with E-state index < -0.39 is 0 Å². The molecule has 1 heterocycles. The Hall–Kier alpha value is -1.89. The summed E-state index contributed by atoms with van der Waals surface area (Å²) in [5, 5.41) is 0. The third-order valence-electron chi connectivity index (χ3n) is 7.67. The van der Waals surface area contributed by atoms with Crippen molar-refractivity contribution >= 4 is 6.21 Å². The van der Waals surface area contributed by atoms with Crippen molar-refractivity contribution in [1.29, 1.82) is 0 Å². The Labute approximate surface area is 151 Å². The molecule has 3 saturated carbocycles. The number of fused-ring (bicyclic) bond motifs is 5. The number of nitrogens with zero attached hydrogens (tertiary/aromatic N) is 1. The highest BCUT2D eigenvalue weighted by Gasteiger charge is 2.59.